The molecule has 1 atom stereocenters. The molecule has 1 aromatic heterocycles. The summed E-state index contributed by atoms with van der Waals surface area (Å²) in [6.07, 6.45) is 0. The summed E-state index contributed by atoms with van der Waals surface area (Å²) >= 11 is 0. The van der Waals surface area contributed by atoms with E-state index in [0.29, 0.717) is 0 Å². The molecular weight excluding hydrogens is 965 g/mol. The van der Waals surface area contributed by atoms with Gasteiger partial charge in [0.2, 0.25) is 0 Å². The zero-order chi connectivity index (χ0) is 52.3. The summed E-state index contributed by atoms with van der Waals surface area (Å²) in [5.74, 6) is 0. The Bertz CT molecular complexity index is 4900. The number of fused-ring (bicyclic) bond motifs is 23. The molecule has 1 aliphatic heterocycles. The minimum Gasteiger partial charge on any atom is -0.310 e. The van der Waals surface area contributed by atoms with Crippen LogP contribution in [0, 0.1) is 0 Å². The summed E-state index contributed by atoms with van der Waals surface area (Å²) in [5.41, 5.74) is 29.4. The topological polar surface area (TPSA) is 8.17 Å². The Hall–Kier alpha value is -10.3. The minimum atomic E-state index is -0.512. The Kier molecular flexibility index (Phi) is 8.83. The second-order valence-electron chi connectivity index (χ2n) is 22.2. The first kappa shape index (κ1) is 43.8. The Balaban J connectivity index is 0.796. The maximum absolute atomic E-state index is 2.53. The number of aromatic nitrogens is 1. The highest BCUT2D eigenvalue weighted by Crippen LogP contribution is 2.64. The molecule has 2 spiro atoms. The molecule has 18 rings (SSSR count). The average molecular weight is 1010 g/mol. The number of benzene rings is 13. The van der Waals surface area contributed by atoms with Gasteiger partial charge < -0.3 is 9.47 Å². The minimum absolute atomic E-state index is 0.453. The van der Waals surface area contributed by atoms with E-state index in [9.17, 15) is 0 Å². The van der Waals surface area contributed by atoms with E-state index >= 15 is 0 Å². The van der Waals surface area contributed by atoms with Crippen molar-refractivity contribution in [3.05, 3.63) is 336 Å². The summed E-state index contributed by atoms with van der Waals surface area (Å²) in [6, 6.07) is 110. The van der Waals surface area contributed by atoms with E-state index in [1.165, 1.54) is 138 Å². The second kappa shape index (κ2) is 16.1. The van der Waals surface area contributed by atoms with E-state index in [1.54, 1.807) is 0 Å². The molecule has 2 nitrogen and oxygen atoms in total. The molecule has 4 aliphatic rings. The summed E-state index contributed by atoms with van der Waals surface area (Å²) in [5, 5.41) is 4.96. The van der Waals surface area contributed by atoms with Crippen molar-refractivity contribution in [3.63, 3.8) is 0 Å². The molecule has 3 aliphatic carbocycles. The lowest BCUT2D eigenvalue weighted by atomic mass is 9.65. The molecular formula is C78H48N2. The molecule has 0 bridgehead atoms. The van der Waals surface area contributed by atoms with Gasteiger partial charge in [-0.2, -0.15) is 0 Å². The number of hydrogen-bond donors (Lipinski definition) is 0. The molecule has 370 valence electrons. The van der Waals surface area contributed by atoms with Gasteiger partial charge in [0.25, 0.3) is 0 Å². The highest BCUT2D eigenvalue weighted by atomic mass is 15.1. The molecule has 0 amide bonds. The number of rotatable bonds is 5. The fourth-order valence-corrected chi connectivity index (χ4v) is 15.4. The average Bonchev–Trinajstić information content (AvgIpc) is 3.54. The normalized spacial score (nSPS) is 15.2. The summed E-state index contributed by atoms with van der Waals surface area (Å²) < 4.78 is 2.53. The van der Waals surface area contributed by atoms with Crippen LogP contribution in [-0.2, 0) is 10.8 Å². The van der Waals surface area contributed by atoms with Crippen molar-refractivity contribution in [3.8, 4) is 61.3 Å². The molecule has 1 unspecified atom stereocenters. The third kappa shape index (κ3) is 5.61. The van der Waals surface area contributed by atoms with Crippen molar-refractivity contribution in [2.75, 3.05) is 4.90 Å². The van der Waals surface area contributed by atoms with Crippen LogP contribution in [0.3, 0.4) is 0 Å². The van der Waals surface area contributed by atoms with Gasteiger partial charge in [0, 0.05) is 27.8 Å². The van der Waals surface area contributed by atoms with Crippen LogP contribution in [0.1, 0.15) is 44.5 Å². The standard InChI is InChI=1S/C78H48N2/c1-2-17-49(18-3-1)50-35-39-55(40-36-50)79(57-42-44-63-61-22-6-11-27-68(61)77(73(63)48-57)66-25-9-4-19-58(66)59-20-5-10-26-67(59)77)56-41-37-52-45-51(33-34-53(52)46-56)54-38-43-62-60-21-7-12-28-69(60)78(72(62)47-54)70-29-13-15-32-75(70)80-74-31-14-8-23-64(74)65-24-16-30-71(78)76(65)80/h1-48H. The molecule has 2 heteroatoms. The van der Waals surface area contributed by atoms with Gasteiger partial charge in [-0.25, -0.2) is 0 Å². The number of para-hydroxylation sites is 3. The van der Waals surface area contributed by atoms with Gasteiger partial charge >= 0.3 is 0 Å². The van der Waals surface area contributed by atoms with Gasteiger partial charge in [-0.1, -0.05) is 231 Å². The fraction of sp³-hybridized carbons (Fsp3) is 0.0256. The smallest absolute Gasteiger partial charge is 0.0754 e. The van der Waals surface area contributed by atoms with Crippen LogP contribution in [0.2, 0.25) is 0 Å². The largest absolute Gasteiger partial charge is 0.310 e. The predicted octanol–water partition coefficient (Wildman–Crippen LogP) is 19.8. The van der Waals surface area contributed by atoms with Crippen molar-refractivity contribution in [2.45, 2.75) is 10.8 Å². The molecule has 0 fully saturated rings. The number of nitrogens with zero attached hydrogens (tertiary/aromatic N) is 2. The van der Waals surface area contributed by atoms with E-state index in [0.717, 1.165) is 17.1 Å². The fourth-order valence-electron chi connectivity index (χ4n) is 15.4. The van der Waals surface area contributed by atoms with E-state index in [2.05, 4.69) is 301 Å². The molecule has 13 aromatic carbocycles. The quantitative estimate of drug-likeness (QED) is 0.167. The lowest BCUT2D eigenvalue weighted by Crippen LogP contribution is -2.33. The first-order valence-electron chi connectivity index (χ1n) is 28.0. The van der Waals surface area contributed by atoms with Gasteiger partial charge in [0.15, 0.2) is 0 Å². The van der Waals surface area contributed by atoms with Crippen LogP contribution in [0.5, 0.6) is 0 Å². The Morgan fingerprint density at radius 1 is 0.250 bits per heavy atom. The van der Waals surface area contributed by atoms with E-state index < -0.39 is 10.8 Å². The Labute approximate surface area is 464 Å². The summed E-state index contributed by atoms with van der Waals surface area (Å²) in [6.45, 7) is 0. The predicted molar refractivity (Wildman–Crippen MR) is 331 cm³/mol. The van der Waals surface area contributed by atoms with E-state index in [-0.39, 0.29) is 0 Å². The monoisotopic (exact) mass is 1010 g/mol. The Morgan fingerprint density at radius 2 is 0.688 bits per heavy atom. The maximum atomic E-state index is 2.53. The van der Waals surface area contributed by atoms with Crippen LogP contribution >= 0.6 is 0 Å². The highest BCUT2D eigenvalue weighted by Gasteiger charge is 2.53. The third-order valence-corrected chi connectivity index (χ3v) is 18.6. The summed E-state index contributed by atoms with van der Waals surface area (Å²) in [4.78, 5) is 2.46. The van der Waals surface area contributed by atoms with Gasteiger partial charge in [-0.15, -0.1) is 0 Å². The molecule has 2 heterocycles. The van der Waals surface area contributed by atoms with Crippen molar-refractivity contribution >= 4 is 49.6 Å². The molecule has 14 aromatic rings. The molecule has 80 heavy (non-hydrogen) atoms. The van der Waals surface area contributed by atoms with Gasteiger partial charge in [0.1, 0.15) is 0 Å². The van der Waals surface area contributed by atoms with E-state index in [1.807, 2.05) is 0 Å². The number of hydrogen-bond acceptors (Lipinski definition) is 1. The van der Waals surface area contributed by atoms with Gasteiger partial charge in [-0.05, 0) is 172 Å². The zero-order valence-electron chi connectivity index (χ0n) is 43.6. The Morgan fingerprint density at radius 3 is 1.39 bits per heavy atom. The SMILES string of the molecule is c1ccc(-c2ccc(N(c3ccc4c(c3)C3(c5ccccc5-c5ccccc53)c3ccccc3-4)c3ccc4cc(-c5ccc6c(c5)C5(c7ccccc7-6)c6ccccc6-n6c7ccccc7c7cccc5c76)ccc4c3)cc2)cc1. The number of anilines is 3. The van der Waals surface area contributed by atoms with Crippen LogP contribution in [0.15, 0.2) is 291 Å². The maximum Gasteiger partial charge on any atom is 0.0754 e. The van der Waals surface area contributed by atoms with Crippen LogP contribution in [0.4, 0.5) is 17.1 Å². The van der Waals surface area contributed by atoms with Crippen molar-refractivity contribution in [1.29, 1.82) is 0 Å². The van der Waals surface area contributed by atoms with Crippen LogP contribution in [-0.4, -0.2) is 4.57 Å². The van der Waals surface area contributed by atoms with Crippen molar-refractivity contribution in [1.82, 2.24) is 4.57 Å². The molecule has 0 saturated carbocycles. The lowest BCUT2D eigenvalue weighted by Gasteiger charge is -2.39. The lowest BCUT2D eigenvalue weighted by molar-refractivity contribution is 0.749. The van der Waals surface area contributed by atoms with Crippen molar-refractivity contribution in [2.24, 2.45) is 0 Å². The van der Waals surface area contributed by atoms with Gasteiger partial charge in [-0.3, -0.25) is 0 Å². The zero-order valence-corrected chi connectivity index (χ0v) is 43.6. The first-order valence-corrected chi connectivity index (χ1v) is 28.0. The third-order valence-electron chi connectivity index (χ3n) is 18.6. The van der Waals surface area contributed by atoms with E-state index in [4.69, 9.17) is 0 Å². The van der Waals surface area contributed by atoms with Crippen LogP contribution < -0.4 is 4.90 Å². The second-order valence-corrected chi connectivity index (χ2v) is 22.2. The molecule has 0 radical (unpaired) electrons. The highest BCUT2D eigenvalue weighted by molar-refractivity contribution is 6.13. The van der Waals surface area contributed by atoms with Crippen LogP contribution in [0.25, 0.3) is 93.9 Å². The van der Waals surface area contributed by atoms with Crippen molar-refractivity contribution < 1.29 is 0 Å². The molecule has 0 saturated heterocycles. The first-order chi connectivity index (χ1) is 39.7. The molecule has 0 N–H and O–H groups in total. The summed E-state index contributed by atoms with van der Waals surface area (Å²) in [7, 11) is 0. The van der Waals surface area contributed by atoms with Gasteiger partial charge in [0.05, 0.1) is 27.6 Å².